The molecule has 3 rings (SSSR count). The van der Waals surface area contributed by atoms with Gasteiger partial charge in [0.05, 0.1) is 5.75 Å². The highest BCUT2D eigenvalue weighted by atomic mass is 35.5. The van der Waals surface area contributed by atoms with Gasteiger partial charge in [0.1, 0.15) is 5.01 Å². The Balaban J connectivity index is 1.57. The first-order chi connectivity index (χ1) is 11.6. The Morgan fingerprint density at radius 1 is 1.00 bits per heavy atom. The van der Waals surface area contributed by atoms with Gasteiger partial charge in [-0.1, -0.05) is 46.7 Å². The van der Waals surface area contributed by atoms with Gasteiger partial charge in [-0.25, -0.2) is 0 Å². The van der Waals surface area contributed by atoms with Crippen LogP contribution in [0.15, 0.2) is 53.4 Å². The third kappa shape index (κ3) is 4.70. The molecular formula is C16H11Cl2N3OS2. The number of thioether (sulfide) groups is 1. The second-order valence-corrected chi connectivity index (χ2v) is 7.61. The zero-order valence-electron chi connectivity index (χ0n) is 12.2. The average Bonchev–Trinajstić information content (AvgIpc) is 3.03. The fourth-order valence-corrected chi connectivity index (χ4v) is 3.53. The number of benzene rings is 2. The Bertz CT molecular complexity index is 835. The number of carbonyl (C=O) groups excluding carboxylic acids is 1. The van der Waals surface area contributed by atoms with E-state index < -0.39 is 0 Å². The standard InChI is InChI=1S/C16H11Cl2N3OS2/c17-11-3-1-10(2-4-11)15-20-21-16(24-15)19-14(22)9-23-13-7-5-12(18)6-8-13/h1-8H,9H2,(H,19,21,22). The molecule has 0 aliphatic heterocycles. The molecule has 0 spiro atoms. The third-order valence-corrected chi connectivity index (χ3v) is 5.35. The number of nitrogens with one attached hydrogen (secondary N) is 1. The van der Waals surface area contributed by atoms with Gasteiger partial charge in [0, 0.05) is 20.5 Å². The number of carbonyl (C=O) groups is 1. The van der Waals surface area contributed by atoms with Crippen molar-refractivity contribution in [2.75, 3.05) is 11.1 Å². The minimum Gasteiger partial charge on any atom is -0.300 e. The fourth-order valence-electron chi connectivity index (χ4n) is 1.82. The van der Waals surface area contributed by atoms with Crippen LogP contribution in [0.4, 0.5) is 5.13 Å². The van der Waals surface area contributed by atoms with Crippen LogP contribution in [0, 0.1) is 0 Å². The number of halogens is 2. The molecule has 8 heteroatoms. The third-order valence-electron chi connectivity index (χ3n) is 2.95. The molecule has 0 unspecified atom stereocenters. The Hall–Kier alpha value is -1.60. The molecule has 0 aliphatic carbocycles. The monoisotopic (exact) mass is 395 g/mol. The van der Waals surface area contributed by atoms with E-state index in [1.54, 1.807) is 24.3 Å². The highest BCUT2D eigenvalue weighted by molar-refractivity contribution is 8.00. The van der Waals surface area contributed by atoms with Crippen molar-refractivity contribution in [3.05, 3.63) is 58.6 Å². The van der Waals surface area contributed by atoms with Crippen LogP contribution >= 0.6 is 46.3 Å². The van der Waals surface area contributed by atoms with E-state index in [1.165, 1.54) is 23.1 Å². The second-order valence-electron chi connectivity index (χ2n) is 4.71. The Kier molecular flexibility index (Phi) is 5.73. The number of nitrogens with zero attached hydrogens (tertiary/aromatic N) is 2. The van der Waals surface area contributed by atoms with Crippen molar-refractivity contribution < 1.29 is 4.79 Å². The largest absolute Gasteiger partial charge is 0.300 e. The number of amides is 1. The smallest absolute Gasteiger partial charge is 0.236 e. The maximum Gasteiger partial charge on any atom is 0.236 e. The predicted molar refractivity (Wildman–Crippen MR) is 101 cm³/mol. The van der Waals surface area contributed by atoms with Gasteiger partial charge in [0.15, 0.2) is 0 Å². The zero-order chi connectivity index (χ0) is 16.9. The predicted octanol–water partition coefficient (Wildman–Crippen LogP) is 5.24. The number of anilines is 1. The van der Waals surface area contributed by atoms with E-state index in [0.717, 1.165) is 15.5 Å². The van der Waals surface area contributed by atoms with E-state index >= 15 is 0 Å². The Labute approximate surface area is 157 Å². The van der Waals surface area contributed by atoms with Gasteiger partial charge in [-0.05, 0) is 36.4 Å². The van der Waals surface area contributed by atoms with Crippen molar-refractivity contribution in [2.24, 2.45) is 0 Å². The summed E-state index contributed by atoms with van der Waals surface area (Å²) in [5.41, 5.74) is 0.910. The van der Waals surface area contributed by atoms with Crippen LogP contribution < -0.4 is 5.32 Å². The van der Waals surface area contributed by atoms with Crippen LogP contribution in [0.1, 0.15) is 0 Å². The molecule has 24 heavy (non-hydrogen) atoms. The number of aromatic nitrogens is 2. The molecule has 1 aromatic heterocycles. The van der Waals surface area contributed by atoms with Gasteiger partial charge in [-0.15, -0.1) is 22.0 Å². The van der Waals surface area contributed by atoms with Crippen molar-refractivity contribution in [1.82, 2.24) is 10.2 Å². The lowest BCUT2D eigenvalue weighted by Gasteiger charge is -2.01. The SMILES string of the molecule is O=C(CSc1ccc(Cl)cc1)Nc1nnc(-c2ccc(Cl)cc2)s1. The highest BCUT2D eigenvalue weighted by Crippen LogP contribution is 2.27. The van der Waals surface area contributed by atoms with Gasteiger partial charge >= 0.3 is 0 Å². The van der Waals surface area contributed by atoms with Crippen molar-refractivity contribution in [3.63, 3.8) is 0 Å². The molecule has 0 saturated carbocycles. The van der Waals surface area contributed by atoms with Gasteiger partial charge in [-0.2, -0.15) is 0 Å². The van der Waals surface area contributed by atoms with E-state index in [2.05, 4.69) is 15.5 Å². The van der Waals surface area contributed by atoms with Gasteiger partial charge < -0.3 is 0 Å². The molecule has 0 atom stereocenters. The summed E-state index contributed by atoms with van der Waals surface area (Å²) >= 11 is 14.5. The summed E-state index contributed by atoms with van der Waals surface area (Å²) in [6.07, 6.45) is 0. The van der Waals surface area contributed by atoms with Crippen LogP contribution in [0.25, 0.3) is 10.6 Å². The lowest BCUT2D eigenvalue weighted by molar-refractivity contribution is -0.113. The maximum absolute atomic E-state index is 12.0. The second kappa shape index (κ2) is 7.98. The highest BCUT2D eigenvalue weighted by Gasteiger charge is 2.10. The van der Waals surface area contributed by atoms with Crippen LogP contribution in [-0.4, -0.2) is 21.9 Å². The summed E-state index contributed by atoms with van der Waals surface area (Å²) in [4.78, 5) is 13.0. The van der Waals surface area contributed by atoms with E-state index in [1.807, 2.05) is 24.3 Å². The van der Waals surface area contributed by atoms with E-state index in [9.17, 15) is 4.79 Å². The summed E-state index contributed by atoms with van der Waals surface area (Å²) < 4.78 is 0. The normalized spacial score (nSPS) is 10.6. The van der Waals surface area contributed by atoms with E-state index in [4.69, 9.17) is 23.2 Å². The van der Waals surface area contributed by atoms with E-state index in [-0.39, 0.29) is 11.7 Å². The molecule has 2 aromatic carbocycles. The molecule has 1 amide bonds. The van der Waals surface area contributed by atoms with Crippen LogP contribution in [-0.2, 0) is 4.79 Å². The summed E-state index contributed by atoms with van der Waals surface area (Å²) in [5.74, 6) is 0.158. The molecule has 3 aromatic rings. The van der Waals surface area contributed by atoms with Gasteiger partial charge in [-0.3, -0.25) is 10.1 Å². The van der Waals surface area contributed by atoms with Crippen molar-refractivity contribution in [1.29, 1.82) is 0 Å². The lowest BCUT2D eigenvalue weighted by Crippen LogP contribution is -2.13. The first kappa shape index (κ1) is 17.2. The minimum absolute atomic E-state index is 0.131. The summed E-state index contributed by atoms with van der Waals surface area (Å²) in [6.45, 7) is 0. The quantitative estimate of drug-likeness (QED) is 0.599. The molecule has 4 nitrogen and oxygen atoms in total. The van der Waals surface area contributed by atoms with Crippen LogP contribution in [0.5, 0.6) is 0 Å². The lowest BCUT2D eigenvalue weighted by atomic mass is 10.2. The molecule has 0 radical (unpaired) electrons. The Morgan fingerprint density at radius 2 is 1.62 bits per heavy atom. The molecule has 1 N–H and O–H groups in total. The van der Waals surface area contributed by atoms with Crippen LogP contribution in [0.3, 0.4) is 0 Å². The molecule has 0 fully saturated rings. The molecule has 0 bridgehead atoms. The topological polar surface area (TPSA) is 54.9 Å². The number of rotatable bonds is 5. The van der Waals surface area contributed by atoms with Crippen molar-refractivity contribution >= 4 is 57.3 Å². The fraction of sp³-hybridized carbons (Fsp3) is 0.0625. The average molecular weight is 396 g/mol. The first-order valence-corrected chi connectivity index (χ1v) is 9.43. The van der Waals surface area contributed by atoms with Gasteiger partial charge in [0.25, 0.3) is 0 Å². The molecule has 0 aliphatic rings. The Morgan fingerprint density at radius 3 is 2.29 bits per heavy atom. The van der Waals surface area contributed by atoms with Gasteiger partial charge in [0.2, 0.25) is 11.0 Å². The summed E-state index contributed by atoms with van der Waals surface area (Å²) in [7, 11) is 0. The van der Waals surface area contributed by atoms with Crippen molar-refractivity contribution in [2.45, 2.75) is 4.90 Å². The summed E-state index contributed by atoms with van der Waals surface area (Å²) in [5, 5.41) is 13.4. The minimum atomic E-state index is -0.131. The maximum atomic E-state index is 12.0. The van der Waals surface area contributed by atoms with E-state index in [0.29, 0.717) is 15.2 Å². The molecule has 0 saturated heterocycles. The van der Waals surface area contributed by atoms with Crippen LogP contribution in [0.2, 0.25) is 10.0 Å². The molecule has 1 heterocycles. The zero-order valence-corrected chi connectivity index (χ0v) is 15.3. The first-order valence-electron chi connectivity index (χ1n) is 6.88. The summed E-state index contributed by atoms with van der Waals surface area (Å²) in [6, 6.07) is 14.7. The molecular weight excluding hydrogens is 385 g/mol. The van der Waals surface area contributed by atoms with Crippen molar-refractivity contribution in [3.8, 4) is 10.6 Å². The number of hydrogen-bond donors (Lipinski definition) is 1. The molecule has 122 valence electrons. The number of hydrogen-bond acceptors (Lipinski definition) is 5.